The first-order chi connectivity index (χ1) is 23.8. The van der Waals surface area contributed by atoms with Gasteiger partial charge in [0.05, 0.1) is 30.4 Å². The number of para-hydroxylation sites is 2. The van der Waals surface area contributed by atoms with E-state index in [1.807, 2.05) is 60.8 Å². The Morgan fingerprint density at radius 2 is 1.86 bits per heavy atom. The number of nitrogens with one attached hydrogen (secondary N) is 1. The molecule has 2 aromatic carbocycles. The third kappa shape index (κ3) is 6.83. The number of primary amides is 1. The summed E-state index contributed by atoms with van der Waals surface area (Å²) in [6.45, 7) is 4.09. The standard InChI is InChI=1S/C38H45ClN6O4/c1-5-25(26-11-10-12-27(39)21-26)22-30-31(36(40)46)23-34(47-2)38(49-4,35(30)48-3)44-19-16-28(17-20-44)42-37-43-32-14-6-7-15-33(32)45(37)24-29-13-8-9-18-41-29/h6-15,18,21,23,25,28,35H,5,16-17,19-20,22,24H2,1-4H3,(H2,40,46)(H,42,43). The van der Waals surface area contributed by atoms with Gasteiger partial charge in [-0.2, -0.15) is 0 Å². The first kappa shape index (κ1) is 34.6. The second-order valence-corrected chi connectivity index (χ2v) is 13.1. The van der Waals surface area contributed by atoms with Crippen molar-refractivity contribution in [2.45, 2.75) is 62.9 Å². The number of ether oxygens (including phenoxy) is 3. The molecular formula is C38H45ClN6O4. The second kappa shape index (κ2) is 15.1. The van der Waals surface area contributed by atoms with Crippen LogP contribution >= 0.6 is 11.6 Å². The monoisotopic (exact) mass is 684 g/mol. The average molecular weight is 685 g/mol. The summed E-state index contributed by atoms with van der Waals surface area (Å²) >= 11 is 6.38. The fourth-order valence-electron chi connectivity index (χ4n) is 7.51. The lowest BCUT2D eigenvalue weighted by atomic mass is 9.78. The molecule has 4 aromatic rings. The number of carbonyl (C=O) groups is 1. The van der Waals surface area contributed by atoms with Crippen LogP contribution < -0.4 is 11.1 Å². The molecule has 0 spiro atoms. The highest BCUT2D eigenvalue weighted by Crippen LogP contribution is 2.45. The van der Waals surface area contributed by atoms with Crippen LogP contribution in [0.1, 0.15) is 49.8 Å². The molecule has 0 saturated carbocycles. The van der Waals surface area contributed by atoms with E-state index in [9.17, 15) is 4.79 Å². The van der Waals surface area contributed by atoms with Crippen molar-refractivity contribution in [3.05, 3.63) is 112 Å². The predicted octanol–water partition coefficient (Wildman–Crippen LogP) is 6.28. The average Bonchev–Trinajstić information content (AvgIpc) is 3.46. The summed E-state index contributed by atoms with van der Waals surface area (Å²) in [5, 5.41) is 4.42. The molecule has 3 unspecified atom stereocenters. The van der Waals surface area contributed by atoms with Crippen molar-refractivity contribution in [3.63, 3.8) is 0 Å². The fraction of sp³-hybridized carbons (Fsp3) is 0.395. The van der Waals surface area contributed by atoms with Crippen molar-refractivity contribution >= 4 is 34.5 Å². The van der Waals surface area contributed by atoms with Gasteiger partial charge in [-0.15, -0.1) is 0 Å². The Kier molecular flexibility index (Phi) is 10.7. The van der Waals surface area contributed by atoms with Gasteiger partial charge in [-0.1, -0.05) is 48.9 Å². The molecule has 1 aliphatic heterocycles. The Hall–Kier alpha value is -4.22. The van der Waals surface area contributed by atoms with Crippen LogP contribution in [0.15, 0.2) is 95.9 Å². The number of benzene rings is 2. The van der Waals surface area contributed by atoms with Crippen molar-refractivity contribution in [1.29, 1.82) is 0 Å². The summed E-state index contributed by atoms with van der Waals surface area (Å²) in [6.07, 6.45) is 5.90. The third-order valence-electron chi connectivity index (χ3n) is 9.96. The lowest BCUT2D eigenvalue weighted by Crippen LogP contribution is -2.64. The number of methoxy groups -OCH3 is 3. The topological polar surface area (TPSA) is 117 Å². The highest BCUT2D eigenvalue weighted by atomic mass is 35.5. The number of piperidine rings is 1. The summed E-state index contributed by atoms with van der Waals surface area (Å²) in [6, 6.07) is 22.2. The molecule has 2 aromatic heterocycles. The van der Waals surface area contributed by atoms with Crippen LogP contribution in [0.4, 0.5) is 5.95 Å². The number of halogens is 1. The zero-order valence-corrected chi connectivity index (χ0v) is 29.3. The summed E-state index contributed by atoms with van der Waals surface area (Å²) in [5.41, 5.74) is 10.1. The first-order valence-electron chi connectivity index (χ1n) is 16.8. The highest BCUT2D eigenvalue weighted by Gasteiger charge is 2.55. The molecule has 3 heterocycles. The smallest absolute Gasteiger partial charge is 0.248 e. The maximum absolute atomic E-state index is 13.0. The van der Waals surface area contributed by atoms with E-state index in [0.29, 0.717) is 42.4 Å². The number of carbonyl (C=O) groups excluding carboxylic acids is 1. The quantitative estimate of drug-likeness (QED) is 0.169. The van der Waals surface area contributed by atoms with Crippen LogP contribution in [0.5, 0.6) is 0 Å². The number of rotatable bonds is 13. The van der Waals surface area contributed by atoms with Gasteiger partial charge >= 0.3 is 0 Å². The van der Waals surface area contributed by atoms with Gasteiger partial charge in [-0.25, -0.2) is 4.98 Å². The molecule has 1 saturated heterocycles. The maximum Gasteiger partial charge on any atom is 0.248 e. The molecule has 1 fully saturated rings. The Bertz CT molecular complexity index is 1830. The van der Waals surface area contributed by atoms with Gasteiger partial charge in [-0.05, 0) is 85.2 Å². The Balaban J connectivity index is 1.27. The van der Waals surface area contributed by atoms with Gasteiger partial charge in [0, 0.05) is 50.1 Å². The Labute approximate surface area is 292 Å². The molecule has 0 radical (unpaired) electrons. The number of hydrogen-bond acceptors (Lipinski definition) is 8. The number of nitrogens with two attached hydrogens (primary N) is 1. The van der Waals surface area contributed by atoms with Crippen molar-refractivity contribution in [3.8, 4) is 0 Å². The SMILES string of the molecule is CCC(CC1=C(C(N)=O)C=C(OC)C(OC)(N2CCC(Nc3nc4ccccc4n3Cc3ccccn3)CC2)C1OC)c1cccc(Cl)c1. The molecule has 49 heavy (non-hydrogen) atoms. The van der Waals surface area contributed by atoms with Crippen LogP contribution in [0.2, 0.25) is 5.02 Å². The zero-order valence-electron chi connectivity index (χ0n) is 28.6. The van der Waals surface area contributed by atoms with E-state index in [4.69, 9.17) is 36.5 Å². The summed E-state index contributed by atoms with van der Waals surface area (Å²) in [7, 11) is 4.91. The molecule has 2 aliphatic rings. The van der Waals surface area contributed by atoms with Crippen LogP contribution in [0.3, 0.4) is 0 Å². The molecule has 1 aliphatic carbocycles. The number of likely N-dealkylation sites (tertiary alicyclic amines) is 1. The fourth-order valence-corrected chi connectivity index (χ4v) is 7.71. The Morgan fingerprint density at radius 3 is 2.51 bits per heavy atom. The van der Waals surface area contributed by atoms with Crippen LogP contribution in [-0.4, -0.2) is 77.6 Å². The van der Waals surface area contributed by atoms with E-state index in [1.54, 1.807) is 27.4 Å². The zero-order chi connectivity index (χ0) is 34.5. The number of nitrogens with zero attached hydrogens (tertiary/aromatic N) is 4. The molecule has 1 amide bonds. The number of fused-ring (bicyclic) bond motifs is 1. The highest BCUT2D eigenvalue weighted by molar-refractivity contribution is 6.30. The minimum absolute atomic E-state index is 0.0769. The number of hydrogen-bond donors (Lipinski definition) is 2. The molecular weight excluding hydrogens is 640 g/mol. The van der Waals surface area contributed by atoms with E-state index in [2.05, 4.69) is 38.8 Å². The number of pyridine rings is 1. The van der Waals surface area contributed by atoms with E-state index >= 15 is 0 Å². The van der Waals surface area contributed by atoms with Crippen molar-refractivity contribution in [2.75, 3.05) is 39.7 Å². The first-order valence-corrected chi connectivity index (χ1v) is 17.2. The van der Waals surface area contributed by atoms with Gasteiger partial charge in [0.15, 0.2) is 0 Å². The molecule has 3 N–H and O–H groups in total. The third-order valence-corrected chi connectivity index (χ3v) is 10.2. The summed E-state index contributed by atoms with van der Waals surface area (Å²) < 4.78 is 20.9. The van der Waals surface area contributed by atoms with Gasteiger partial charge in [-0.3, -0.25) is 14.7 Å². The van der Waals surface area contributed by atoms with Gasteiger partial charge in [0.1, 0.15) is 11.9 Å². The lowest BCUT2D eigenvalue weighted by molar-refractivity contribution is -0.198. The van der Waals surface area contributed by atoms with Crippen LogP contribution in [-0.2, 0) is 25.5 Å². The molecule has 258 valence electrons. The largest absolute Gasteiger partial charge is 0.496 e. The van der Waals surface area contributed by atoms with E-state index in [1.165, 1.54) is 0 Å². The maximum atomic E-state index is 13.0. The number of anilines is 1. The molecule has 0 bridgehead atoms. The molecule has 6 rings (SSSR count). The number of amides is 1. The van der Waals surface area contributed by atoms with Gasteiger partial charge in [0.2, 0.25) is 17.6 Å². The normalized spacial score (nSPS) is 21.1. The van der Waals surface area contributed by atoms with Gasteiger partial charge in [0.25, 0.3) is 0 Å². The summed E-state index contributed by atoms with van der Waals surface area (Å²) in [4.78, 5) is 24.8. The van der Waals surface area contributed by atoms with E-state index < -0.39 is 17.7 Å². The van der Waals surface area contributed by atoms with Crippen LogP contribution in [0, 0.1) is 0 Å². The molecule has 3 atom stereocenters. The number of imidazole rings is 1. The predicted molar refractivity (Wildman–Crippen MR) is 192 cm³/mol. The minimum atomic E-state index is -1.11. The number of aromatic nitrogens is 3. The second-order valence-electron chi connectivity index (χ2n) is 12.6. The molecule has 10 nitrogen and oxygen atoms in total. The van der Waals surface area contributed by atoms with Crippen LogP contribution in [0.25, 0.3) is 11.0 Å². The minimum Gasteiger partial charge on any atom is -0.496 e. The van der Waals surface area contributed by atoms with E-state index in [0.717, 1.165) is 53.1 Å². The van der Waals surface area contributed by atoms with Crippen molar-refractivity contribution in [1.82, 2.24) is 19.4 Å². The molecule has 11 heteroatoms. The summed E-state index contributed by atoms with van der Waals surface area (Å²) in [5.74, 6) is 0.847. The Morgan fingerprint density at radius 1 is 1.08 bits per heavy atom. The van der Waals surface area contributed by atoms with Crippen molar-refractivity contribution < 1.29 is 19.0 Å². The van der Waals surface area contributed by atoms with Crippen molar-refractivity contribution in [2.24, 2.45) is 5.73 Å². The lowest BCUT2D eigenvalue weighted by Gasteiger charge is -2.51. The van der Waals surface area contributed by atoms with Gasteiger partial charge < -0.3 is 29.8 Å². The van der Waals surface area contributed by atoms with E-state index in [-0.39, 0.29) is 12.0 Å².